The second kappa shape index (κ2) is 11.9. The molecule has 2 aromatic rings. The van der Waals surface area contributed by atoms with Gasteiger partial charge in [0.15, 0.2) is 6.04 Å². The van der Waals surface area contributed by atoms with E-state index in [4.69, 9.17) is 9.47 Å². The Balaban J connectivity index is 1.75. The normalized spacial score (nSPS) is 12.8. The van der Waals surface area contributed by atoms with Gasteiger partial charge in [0.1, 0.15) is 0 Å². The van der Waals surface area contributed by atoms with Crippen molar-refractivity contribution in [1.82, 2.24) is 5.32 Å². The molecule has 1 amide bonds. The number of aliphatic hydroxyl groups excluding tert-OH is 1. The molecule has 6 heteroatoms. The molecule has 0 spiro atoms. The summed E-state index contributed by atoms with van der Waals surface area (Å²) in [6.07, 6.45) is 0.716. The number of carbonyl (C=O) groups excluding carboxylic acids is 2. The summed E-state index contributed by atoms with van der Waals surface area (Å²) in [6, 6.07) is 17.3. The fourth-order valence-electron chi connectivity index (χ4n) is 2.74. The fraction of sp³-hybridized carbons (Fsp3) is 0.364. The molecule has 6 nitrogen and oxygen atoms in total. The lowest BCUT2D eigenvalue weighted by molar-refractivity contribution is -0.146. The van der Waals surface area contributed by atoms with Gasteiger partial charge in [-0.1, -0.05) is 48.5 Å². The number of hydrogen-bond acceptors (Lipinski definition) is 5. The van der Waals surface area contributed by atoms with Gasteiger partial charge >= 0.3 is 5.97 Å². The third-order valence-corrected chi connectivity index (χ3v) is 4.31. The van der Waals surface area contributed by atoms with Crippen LogP contribution in [0.1, 0.15) is 35.2 Å². The summed E-state index contributed by atoms with van der Waals surface area (Å²) < 4.78 is 10.3. The maximum absolute atomic E-state index is 12.3. The topological polar surface area (TPSA) is 84.9 Å². The van der Waals surface area contributed by atoms with Gasteiger partial charge in [-0.25, -0.2) is 4.79 Å². The summed E-state index contributed by atoms with van der Waals surface area (Å²) in [7, 11) is 1.23. The van der Waals surface area contributed by atoms with Gasteiger partial charge in [0.05, 0.1) is 19.8 Å². The van der Waals surface area contributed by atoms with Crippen molar-refractivity contribution in [3.05, 3.63) is 71.8 Å². The van der Waals surface area contributed by atoms with Gasteiger partial charge in [0.25, 0.3) is 5.91 Å². The first-order valence-corrected chi connectivity index (χ1v) is 9.35. The Bertz CT molecular complexity index is 720. The molecule has 0 aromatic heterocycles. The molecule has 2 rings (SSSR count). The largest absolute Gasteiger partial charge is 0.467 e. The van der Waals surface area contributed by atoms with E-state index < -0.39 is 24.0 Å². The number of ether oxygens (including phenoxy) is 2. The Morgan fingerprint density at radius 2 is 1.64 bits per heavy atom. The highest BCUT2D eigenvalue weighted by Crippen LogP contribution is 2.09. The molecule has 0 bridgehead atoms. The van der Waals surface area contributed by atoms with E-state index >= 15 is 0 Å². The van der Waals surface area contributed by atoms with Crippen LogP contribution >= 0.6 is 0 Å². The van der Waals surface area contributed by atoms with E-state index in [2.05, 4.69) is 5.32 Å². The third kappa shape index (κ3) is 7.13. The van der Waals surface area contributed by atoms with Gasteiger partial charge in [-0.2, -0.15) is 0 Å². The zero-order chi connectivity index (χ0) is 20.2. The van der Waals surface area contributed by atoms with Gasteiger partial charge < -0.3 is 19.9 Å². The maximum atomic E-state index is 12.3. The molecule has 2 atom stereocenters. The fourth-order valence-corrected chi connectivity index (χ4v) is 2.74. The van der Waals surface area contributed by atoms with Crippen molar-refractivity contribution < 1.29 is 24.2 Å². The smallest absolute Gasteiger partial charge is 0.331 e. The number of esters is 1. The van der Waals surface area contributed by atoms with E-state index in [0.29, 0.717) is 31.6 Å². The first-order valence-electron chi connectivity index (χ1n) is 9.35. The molecule has 0 radical (unpaired) electrons. The van der Waals surface area contributed by atoms with E-state index in [9.17, 15) is 14.7 Å². The van der Waals surface area contributed by atoms with Gasteiger partial charge in [0.2, 0.25) is 0 Å². The van der Waals surface area contributed by atoms with Crippen molar-refractivity contribution in [1.29, 1.82) is 0 Å². The molecule has 0 unspecified atom stereocenters. The number of unbranched alkanes of at least 4 members (excludes halogenated alkanes) is 1. The molecular weight excluding hydrogens is 358 g/mol. The number of amides is 1. The van der Waals surface area contributed by atoms with E-state index in [1.807, 2.05) is 30.3 Å². The SMILES string of the molecule is COC(=O)[C@H](NC(=O)c1ccccc1)[C@@H](O)CCCCOCc1ccccc1. The first-order chi connectivity index (χ1) is 13.6. The molecule has 0 aliphatic heterocycles. The summed E-state index contributed by atoms with van der Waals surface area (Å²) in [5, 5.41) is 12.9. The standard InChI is InChI=1S/C22H27NO5/c1-27-22(26)20(23-21(25)18-12-6-3-7-13-18)19(24)14-8-9-15-28-16-17-10-4-2-5-11-17/h2-7,10-13,19-20,24H,8-9,14-16H2,1H3,(H,23,25)/t19-,20+/m0/s1. The van der Waals surface area contributed by atoms with Gasteiger partial charge in [-0.3, -0.25) is 4.79 Å². The van der Waals surface area contributed by atoms with Crippen LogP contribution in [0.15, 0.2) is 60.7 Å². The molecular formula is C22H27NO5. The maximum Gasteiger partial charge on any atom is 0.331 e. The minimum atomic E-state index is -1.11. The zero-order valence-electron chi connectivity index (χ0n) is 16.0. The highest BCUT2D eigenvalue weighted by Gasteiger charge is 2.29. The number of carbonyl (C=O) groups is 2. The average molecular weight is 385 g/mol. The van der Waals surface area contributed by atoms with Crippen LogP contribution in [0.5, 0.6) is 0 Å². The Morgan fingerprint density at radius 3 is 2.29 bits per heavy atom. The highest BCUT2D eigenvalue weighted by molar-refractivity contribution is 5.96. The van der Waals surface area contributed by atoms with Crippen LogP contribution in [0.3, 0.4) is 0 Å². The Kier molecular flexibility index (Phi) is 9.18. The molecule has 0 saturated heterocycles. The van der Waals surface area contributed by atoms with Crippen molar-refractivity contribution in [3.63, 3.8) is 0 Å². The van der Waals surface area contributed by atoms with E-state index in [0.717, 1.165) is 12.0 Å². The van der Waals surface area contributed by atoms with Crippen LogP contribution in [0.2, 0.25) is 0 Å². The highest BCUT2D eigenvalue weighted by atomic mass is 16.5. The van der Waals surface area contributed by atoms with Crippen LogP contribution in [0, 0.1) is 0 Å². The second-order valence-corrected chi connectivity index (χ2v) is 6.44. The van der Waals surface area contributed by atoms with Crippen molar-refractivity contribution >= 4 is 11.9 Å². The Morgan fingerprint density at radius 1 is 1.00 bits per heavy atom. The number of methoxy groups -OCH3 is 1. The molecule has 0 aliphatic rings. The van der Waals surface area contributed by atoms with Crippen molar-refractivity contribution in [2.24, 2.45) is 0 Å². The lowest BCUT2D eigenvalue weighted by Crippen LogP contribution is -2.49. The first kappa shape index (κ1) is 21.6. The minimum Gasteiger partial charge on any atom is -0.467 e. The van der Waals surface area contributed by atoms with Gasteiger partial charge in [0, 0.05) is 12.2 Å². The average Bonchev–Trinajstić information content (AvgIpc) is 2.74. The molecule has 0 fully saturated rings. The molecule has 2 aromatic carbocycles. The van der Waals surface area contributed by atoms with E-state index in [-0.39, 0.29) is 0 Å². The summed E-state index contributed by atoms with van der Waals surface area (Å²) in [5.74, 6) is -1.10. The monoisotopic (exact) mass is 385 g/mol. The van der Waals surface area contributed by atoms with Gasteiger partial charge in [-0.15, -0.1) is 0 Å². The van der Waals surface area contributed by atoms with Crippen LogP contribution in [-0.4, -0.2) is 42.8 Å². The van der Waals surface area contributed by atoms with Crippen molar-refractivity contribution in [3.8, 4) is 0 Å². The molecule has 28 heavy (non-hydrogen) atoms. The molecule has 0 heterocycles. The number of nitrogens with one attached hydrogen (secondary N) is 1. The predicted molar refractivity (Wildman–Crippen MR) is 106 cm³/mol. The van der Waals surface area contributed by atoms with Crippen molar-refractivity contribution in [2.75, 3.05) is 13.7 Å². The Labute approximate surface area is 165 Å². The lowest BCUT2D eigenvalue weighted by atomic mass is 10.0. The molecule has 0 aliphatic carbocycles. The van der Waals surface area contributed by atoms with Crippen LogP contribution in [-0.2, 0) is 20.9 Å². The zero-order valence-corrected chi connectivity index (χ0v) is 16.0. The third-order valence-electron chi connectivity index (χ3n) is 4.31. The molecule has 150 valence electrons. The lowest BCUT2D eigenvalue weighted by Gasteiger charge is -2.22. The predicted octanol–water partition coefficient (Wildman–Crippen LogP) is 2.71. The van der Waals surface area contributed by atoms with E-state index in [1.54, 1.807) is 30.3 Å². The summed E-state index contributed by atoms with van der Waals surface area (Å²) in [4.78, 5) is 24.3. The Hall–Kier alpha value is -2.70. The summed E-state index contributed by atoms with van der Waals surface area (Å²) in [5.41, 5.74) is 1.52. The van der Waals surface area contributed by atoms with Crippen molar-refractivity contribution in [2.45, 2.75) is 38.0 Å². The molecule has 2 N–H and O–H groups in total. The quantitative estimate of drug-likeness (QED) is 0.459. The number of aliphatic hydroxyl groups is 1. The molecule has 0 saturated carbocycles. The van der Waals surface area contributed by atoms with Crippen LogP contribution < -0.4 is 5.32 Å². The number of hydrogen-bond donors (Lipinski definition) is 2. The van der Waals surface area contributed by atoms with Crippen LogP contribution in [0.4, 0.5) is 0 Å². The number of rotatable bonds is 11. The summed E-state index contributed by atoms with van der Waals surface area (Å²) in [6.45, 7) is 1.10. The second-order valence-electron chi connectivity index (χ2n) is 6.44. The van der Waals surface area contributed by atoms with Gasteiger partial charge in [-0.05, 0) is 37.0 Å². The number of benzene rings is 2. The minimum absolute atomic E-state index is 0.351. The summed E-state index contributed by atoms with van der Waals surface area (Å²) >= 11 is 0. The van der Waals surface area contributed by atoms with Crippen LogP contribution in [0.25, 0.3) is 0 Å². The van der Waals surface area contributed by atoms with E-state index in [1.165, 1.54) is 7.11 Å².